The molecule has 1 amide bonds. The monoisotopic (exact) mass is 424 g/mol. The van der Waals surface area contributed by atoms with Crippen molar-refractivity contribution in [2.45, 2.75) is 64.8 Å². The second kappa shape index (κ2) is 10.2. The molecule has 0 spiro atoms. The molecule has 31 heavy (non-hydrogen) atoms. The number of hydrogen-bond donors (Lipinski definition) is 1. The highest BCUT2D eigenvalue weighted by atomic mass is 16.5. The molecule has 2 aromatic rings. The third-order valence-corrected chi connectivity index (χ3v) is 6.05. The summed E-state index contributed by atoms with van der Waals surface area (Å²) >= 11 is 0. The number of rotatable bonds is 8. The van der Waals surface area contributed by atoms with Gasteiger partial charge in [0.25, 0.3) is 5.56 Å². The molecule has 7 nitrogen and oxygen atoms in total. The van der Waals surface area contributed by atoms with Gasteiger partial charge < -0.3 is 10.1 Å². The van der Waals surface area contributed by atoms with Gasteiger partial charge >= 0.3 is 0 Å². The lowest BCUT2D eigenvalue weighted by Gasteiger charge is -2.29. The third-order valence-electron chi connectivity index (χ3n) is 6.05. The Morgan fingerprint density at radius 1 is 1.29 bits per heavy atom. The van der Waals surface area contributed by atoms with E-state index in [1.165, 1.54) is 5.56 Å². The molecule has 1 aromatic heterocycles. The number of nitrogens with zero attached hydrogens (tertiary/aromatic N) is 3. The smallest absolute Gasteiger partial charge is 0.257 e. The van der Waals surface area contributed by atoms with Gasteiger partial charge in [0.05, 0.1) is 11.8 Å². The van der Waals surface area contributed by atoms with Gasteiger partial charge in [-0.05, 0) is 31.2 Å². The summed E-state index contributed by atoms with van der Waals surface area (Å²) in [5.74, 6) is 0.554. The Kier molecular flexibility index (Phi) is 7.14. The summed E-state index contributed by atoms with van der Waals surface area (Å²) in [6, 6.07) is 10.4. The number of fused-ring (bicyclic) bond motifs is 1. The number of aryl methyl sites for hydroxylation is 1. The number of ether oxygens (including phenoxy) is 1. The maximum absolute atomic E-state index is 13.3. The lowest BCUT2D eigenvalue weighted by atomic mass is 10.0. The zero-order valence-electron chi connectivity index (χ0n) is 18.3. The lowest BCUT2D eigenvalue weighted by Crippen LogP contribution is -2.41. The summed E-state index contributed by atoms with van der Waals surface area (Å²) < 4.78 is 7.15. The number of aromatic nitrogens is 2. The van der Waals surface area contributed by atoms with Gasteiger partial charge in [-0.15, -0.1) is 0 Å². The molecule has 1 N–H and O–H groups in total. The summed E-state index contributed by atoms with van der Waals surface area (Å²) in [4.78, 5) is 33.0. The first-order chi connectivity index (χ1) is 15.1. The first-order valence-corrected chi connectivity index (χ1v) is 11.4. The van der Waals surface area contributed by atoms with Crippen molar-refractivity contribution in [2.24, 2.45) is 0 Å². The van der Waals surface area contributed by atoms with Crippen molar-refractivity contribution in [3.05, 3.63) is 63.3 Å². The van der Waals surface area contributed by atoms with Crippen LogP contribution in [0.4, 0.5) is 0 Å². The maximum atomic E-state index is 13.3. The Balaban J connectivity index is 1.48. The molecule has 4 rings (SSSR count). The third kappa shape index (κ3) is 5.40. The van der Waals surface area contributed by atoms with Crippen LogP contribution in [0.1, 0.15) is 48.8 Å². The van der Waals surface area contributed by atoms with Gasteiger partial charge in [0.2, 0.25) is 5.91 Å². The Morgan fingerprint density at radius 2 is 2.13 bits per heavy atom. The van der Waals surface area contributed by atoms with Crippen molar-refractivity contribution in [3.63, 3.8) is 0 Å². The largest absolute Gasteiger partial charge is 0.376 e. The minimum atomic E-state index is -0.154. The van der Waals surface area contributed by atoms with Crippen molar-refractivity contribution < 1.29 is 9.53 Å². The summed E-state index contributed by atoms with van der Waals surface area (Å²) in [5.41, 5.74) is 2.83. The number of amides is 1. The number of benzene rings is 1. The van der Waals surface area contributed by atoms with Gasteiger partial charge in [0.1, 0.15) is 12.4 Å². The lowest BCUT2D eigenvalue weighted by molar-refractivity contribution is -0.122. The van der Waals surface area contributed by atoms with Crippen molar-refractivity contribution in [1.29, 1.82) is 0 Å². The average molecular weight is 425 g/mol. The van der Waals surface area contributed by atoms with Crippen LogP contribution in [0.3, 0.4) is 0 Å². The molecule has 7 heteroatoms. The van der Waals surface area contributed by atoms with E-state index in [9.17, 15) is 9.59 Å². The standard InChI is InChI=1S/C24H32N4O3/c1-2-7-22-26-21-16-27(15-18-8-4-3-5-9-18)12-11-20(21)24(30)28(22)17-23(29)25-14-19-10-6-13-31-19/h3-5,8-9,19H,2,6-7,10-17H2,1H3,(H,25,29). The van der Waals surface area contributed by atoms with Crippen LogP contribution >= 0.6 is 0 Å². The second-order valence-corrected chi connectivity index (χ2v) is 8.48. The minimum absolute atomic E-state index is 0.0227. The van der Waals surface area contributed by atoms with Crippen LogP contribution in [-0.4, -0.2) is 46.2 Å². The molecule has 1 aromatic carbocycles. The van der Waals surface area contributed by atoms with Crippen LogP contribution < -0.4 is 10.9 Å². The summed E-state index contributed by atoms with van der Waals surface area (Å²) in [6.07, 6.45) is 4.32. The minimum Gasteiger partial charge on any atom is -0.376 e. The number of hydrogen-bond acceptors (Lipinski definition) is 5. The Hall–Kier alpha value is -2.51. The molecule has 1 fully saturated rings. The van der Waals surface area contributed by atoms with E-state index in [0.29, 0.717) is 31.8 Å². The molecule has 166 valence electrons. The highest BCUT2D eigenvalue weighted by Crippen LogP contribution is 2.18. The summed E-state index contributed by atoms with van der Waals surface area (Å²) in [5, 5.41) is 2.92. The van der Waals surface area contributed by atoms with Crippen molar-refractivity contribution in [2.75, 3.05) is 19.7 Å². The van der Waals surface area contributed by atoms with E-state index >= 15 is 0 Å². The van der Waals surface area contributed by atoms with Gasteiger partial charge in [0.15, 0.2) is 0 Å². The summed E-state index contributed by atoms with van der Waals surface area (Å²) in [7, 11) is 0. The predicted octanol–water partition coefficient (Wildman–Crippen LogP) is 2.05. The highest BCUT2D eigenvalue weighted by Gasteiger charge is 2.24. The normalized spacial score (nSPS) is 18.7. The maximum Gasteiger partial charge on any atom is 0.257 e. The van der Waals surface area contributed by atoms with Gasteiger partial charge in [0, 0.05) is 44.8 Å². The predicted molar refractivity (Wildman–Crippen MR) is 119 cm³/mol. The Labute approximate surface area is 183 Å². The molecule has 1 saturated heterocycles. The average Bonchev–Trinajstić information content (AvgIpc) is 3.29. The van der Waals surface area contributed by atoms with Gasteiger partial charge in [-0.1, -0.05) is 37.3 Å². The zero-order valence-corrected chi connectivity index (χ0v) is 18.3. The van der Waals surface area contributed by atoms with E-state index in [4.69, 9.17) is 9.72 Å². The fourth-order valence-electron chi connectivity index (χ4n) is 4.42. The zero-order chi connectivity index (χ0) is 21.6. The molecular weight excluding hydrogens is 392 g/mol. The van der Waals surface area contributed by atoms with E-state index in [1.54, 1.807) is 4.57 Å². The molecule has 0 saturated carbocycles. The van der Waals surface area contributed by atoms with Gasteiger partial charge in [-0.2, -0.15) is 0 Å². The molecular formula is C24H32N4O3. The Bertz CT molecular complexity index is 951. The van der Waals surface area contributed by atoms with E-state index < -0.39 is 0 Å². The molecule has 1 unspecified atom stereocenters. The van der Waals surface area contributed by atoms with Gasteiger partial charge in [-0.3, -0.25) is 19.1 Å². The van der Waals surface area contributed by atoms with E-state index in [-0.39, 0.29) is 24.1 Å². The first kappa shape index (κ1) is 21.7. The number of nitrogens with one attached hydrogen (secondary N) is 1. The molecule has 3 heterocycles. The molecule has 0 aliphatic carbocycles. The van der Waals surface area contributed by atoms with Gasteiger partial charge in [-0.25, -0.2) is 4.98 Å². The SMILES string of the molecule is CCCc1nc2c(c(=O)n1CC(=O)NCC1CCCO1)CCN(Cc1ccccc1)C2. The molecule has 0 bridgehead atoms. The van der Waals surface area contributed by atoms with Crippen LogP contribution in [0.5, 0.6) is 0 Å². The highest BCUT2D eigenvalue weighted by molar-refractivity contribution is 5.75. The van der Waals surface area contributed by atoms with E-state index in [1.807, 2.05) is 18.2 Å². The van der Waals surface area contributed by atoms with Crippen LogP contribution in [-0.2, 0) is 42.0 Å². The van der Waals surface area contributed by atoms with Crippen LogP contribution in [0, 0.1) is 0 Å². The quantitative estimate of drug-likeness (QED) is 0.702. The van der Waals surface area contributed by atoms with Crippen molar-refractivity contribution in [3.8, 4) is 0 Å². The van der Waals surface area contributed by atoms with Crippen molar-refractivity contribution in [1.82, 2.24) is 19.8 Å². The molecule has 0 radical (unpaired) electrons. The van der Waals surface area contributed by atoms with Crippen LogP contribution in [0.2, 0.25) is 0 Å². The number of carbonyl (C=O) groups excluding carboxylic acids is 1. The fourth-order valence-corrected chi connectivity index (χ4v) is 4.42. The second-order valence-electron chi connectivity index (χ2n) is 8.48. The molecule has 1 atom stereocenters. The van der Waals surface area contributed by atoms with Crippen LogP contribution in [0.25, 0.3) is 0 Å². The topological polar surface area (TPSA) is 76.5 Å². The van der Waals surface area contributed by atoms with Crippen molar-refractivity contribution >= 4 is 5.91 Å². The Morgan fingerprint density at radius 3 is 2.87 bits per heavy atom. The van der Waals surface area contributed by atoms with E-state index in [2.05, 4.69) is 29.3 Å². The number of carbonyl (C=O) groups is 1. The molecule has 2 aliphatic heterocycles. The molecule has 2 aliphatic rings. The first-order valence-electron chi connectivity index (χ1n) is 11.4. The summed E-state index contributed by atoms with van der Waals surface area (Å²) in [6.45, 7) is 5.68. The van der Waals surface area contributed by atoms with Crippen LogP contribution in [0.15, 0.2) is 35.1 Å². The fraction of sp³-hybridized carbons (Fsp3) is 0.542. The van der Waals surface area contributed by atoms with E-state index in [0.717, 1.165) is 50.2 Å².